The highest BCUT2D eigenvalue weighted by Crippen LogP contribution is 2.10. The summed E-state index contributed by atoms with van der Waals surface area (Å²) in [6, 6.07) is 6.02. The monoisotopic (exact) mass is 210 g/mol. The summed E-state index contributed by atoms with van der Waals surface area (Å²) >= 11 is 5.61. The highest BCUT2D eigenvalue weighted by molar-refractivity contribution is 6.30. The Hall–Kier alpha value is -1.61. The van der Waals surface area contributed by atoms with E-state index in [9.17, 15) is 9.59 Å². The number of esters is 2. The van der Waals surface area contributed by atoms with Crippen molar-refractivity contribution in [3.63, 3.8) is 0 Å². The Labute approximate surface area is 85.9 Å². The second kappa shape index (κ2) is 4.58. The van der Waals surface area contributed by atoms with Crippen molar-refractivity contribution in [2.45, 2.75) is 0 Å². The summed E-state index contributed by atoms with van der Waals surface area (Å²) in [4.78, 5) is 21.9. The van der Waals surface area contributed by atoms with Gasteiger partial charge < -0.3 is 4.74 Å². The number of carbonyl (C=O) groups is 2. The largest absolute Gasteiger partial charge is 0.386 e. The minimum Gasteiger partial charge on any atom is -0.386 e. The molecule has 1 rings (SSSR count). The maximum atomic E-state index is 11.2. The zero-order valence-electron chi connectivity index (χ0n) is 7.20. The third-order valence-corrected chi connectivity index (χ3v) is 1.69. The number of hydrogen-bond donors (Lipinski definition) is 0. The lowest BCUT2D eigenvalue weighted by Gasteiger charge is -1.99. The fraction of sp³-hybridized carbons (Fsp3) is 0. The van der Waals surface area contributed by atoms with Crippen LogP contribution in [0.5, 0.6) is 0 Å². The van der Waals surface area contributed by atoms with E-state index in [4.69, 9.17) is 11.6 Å². The molecule has 0 aliphatic rings. The van der Waals surface area contributed by atoms with E-state index >= 15 is 0 Å². The van der Waals surface area contributed by atoms with Gasteiger partial charge in [0.05, 0.1) is 5.56 Å². The summed E-state index contributed by atoms with van der Waals surface area (Å²) in [7, 11) is 0. The first kappa shape index (κ1) is 10.5. The smallest absolute Gasteiger partial charge is 0.346 e. The summed E-state index contributed by atoms with van der Waals surface area (Å²) in [5, 5.41) is 0.511. The SMILES string of the molecule is C=CC(=O)OC(=O)c1ccc(Cl)cc1. The van der Waals surface area contributed by atoms with Crippen LogP contribution >= 0.6 is 11.6 Å². The van der Waals surface area contributed by atoms with Gasteiger partial charge in [0, 0.05) is 11.1 Å². The molecule has 0 amide bonds. The van der Waals surface area contributed by atoms with Gasteiger partial charge in [0.1, 0.15) is 0 Å². The Morgan fingerprint density at radius 1 is 1.29 bits per heavy atom. The minimum atomic E-state index is -0.773. The zero-order valence-corrected chi connectivity index (χ0v) is 7.95. The molecule has 4 heteroatoms. The highest BCUT2D eigenvalue weighted by Gasteiger charge is 2.09. The molecule has 0 radical (unpaired) electrons. The Kier molecular flexibility index (Phi) is 3.42. The number of carbonyl (C=O) groups excluding carboxylic acids is 2. The van der Waals surface area contributed by atoms with Gasteiger partial charge in [-0.3, -0.25) is 0 Å². The predicted molar refractivity (Wildman–Crippen MR) is 52.1 cm³/mol. The number of halogens is 1. The molecule has 0 saturated carbocycles. The molecule has 3 nitrogen and oxygen atoms in total. The predicted octanol–water partition coefficient (Wildman–Crippen LogP) is 2.21. The van der Waals surface area contributed by atoms with Crippen molar-refractivity contribution in [1.29, 1.82) is 0 Å². The van der Waals surface area contributed by atoms with E-state index in [0.29, 0.717) is 5.02 Å². The van der Waals surface area contributed by atoms with Crippen LogP contribution in [0.3, 0.4) is 0 Å². The van der Waals surface area contributed by atoms with Crippen LogP contribution < -0.4 is 0 Å². The fourth-order valence-electron chi connectivity index (χ4n) is 0.778. The summed E-state index contributed by atoms with van der Waals surface area (Å²) in [6.07, 6.45) is 0.924. The van der Waals surface area contributed by atoms with E-state index in [-0.39, 0.29) is 5.56 Å². The number of hydrogen-bond acceptors (Lipinski definition) is 3. The van der Waals surface area contributed by atoms with Gasteiger partial charge in [0.2, 0.25) is 0 Å². The number of benzene rings is 1. The Morgan fingerprint density at radius 2 is 1.86 bits per heavy atom. The van der Waals surface area contributed by atoms with E-state index in [2.05, 4.69) is 11.3 Å². The fourth-order valence-corrected chi connectivity index (χ4v) is 0.904. The first-order valence-electron chi connectivity index (χ1n) is 3.77. The standard InChI is InChI=1S/C10H7ClO3/c1-2-9(12)14-10(13)7-3-5-8(11)6-4-7/h2-6H,1H2. The molecular formula is C10H7ClO3. The lowest BCUT2D eigenvalue weighted by Crippen LogP contribution is -2.09. The minimum absolute atomic E-state index is 0.268. The first-order valence-corrected chi connectivity index (χ1v) is 4.15. The van der Waals surface area contributed by atoms with E-state index < -0.39 is 11.9 Å². The Balaban J connectivity index is 2.75. The van der Waals surface area contributed by atoms with Gasteiger partial charge in [-0.05, 0) is 24.3 Å². The lowest BCUT2D eigenvalue weighted by molar-refractivity contribution is -0.132. The maximum Gasteiger partial charge on any atom is 0.346 e. The molecule has 0 spiro atoms. The van der Waals surface area contributed by atoms with Crippen LogP contribution in [-0.4, -0.2) is 11.9 Å². The molecule has 14 heavy (non-hydrogen) atoms. The van der Waals surface area contributed by atoms with Crippen LogP contribution in [0.25, 0.3) is 0 Å². The van der Waals surface area contributed by atoms with Gasteiger partial charge in [-0.2, -0.15) is 0 Å². The molecule has 0 atom stereocenters. The van der Waals surface area contributed by atoms with Gasteiger partial charge in [-0.25, -0.2) is 9.59 Å². The quantitative estimate of drug-likeness (QED) is 0.427. The molecule has 0 aliphatic carbocycles. The van der Waals surface area contributed by atoms with Crippen LogP contribution in [0.4, 0.5) is 0 Å². The van der Waals surface area contributed by atoms with Crippen LogP contribution in [0, 0.1) is 0 Å². The summed E-state index contributed by atoms with van der Waals surface area (Å²) < 4.78 is 4.39. The first-order chi connectivity index (χ1) is 6.63. The molecule has 1 aromatic carbocycles. The topological polar surface area (TPSA) is 43.4 Å². The van der Waals surface area contributed by atoms with Crippen molar-refractivity contribution in [2.75, 3.05) is 0 Å². The van der Waals surface area contributed by atoms with Gasteiger partial charge in [-0.1, -0.05) is 18.2 Å². The van der Waals surface area contributed by atoms with Crippen molar-refractivity contribution < 1.29 is 14.3 Å². The van der Waals surface area contributed by atoms with Crippen molar-refractivity contribution in [3.05, 3.63) is 47.5 Å². The average Bonchev–Trinajstić information content (AvgIpc) is 2.18. The van der Waals surface area contributed by atoms with Gasteiger partial charge in [0.15, 0.2) is 0 Å². The zero-order chi connectivity index (χ0) is 10.6. The third-order valence-electron chi connectivity index (χ3n) is 1.44. The van der Waals surface area contributed by atoms with E-state index in [1.54, 1.807) is 0 Å². The van der Waals surface area contributed by atoms with Crippen LogP contribution in [0.1, 0.15) is 10.4 Å². The van der Waals surface area contributed by atoms with Gasteiger partial charge in [-0.15, -0.1) is 0 Å². The number of ether oxygens (including phenoxy) is 1. The number of rotatable bonds is 2. The van der Waals surface area contributed by atoms with Crippen molar-refractivity contribution in [3.8, 4) is 0 Å². The van der Waals surface area contributed by atoms with Crippen molar-refractivity contribution >= 4 is 23.5 Å². The van der Waals surface area contributed by atoms with E-state index in [1.807, 2.05) is 0 Å². The summed E-state index contributed by atoms with van der Waals surface area (Å²) in [5.74, 6) is -1.49. The molecule has 0 unspecified atom stereocenters. The molecule has 0 aliphatic heterocycles. The van der Waals surface area contributed by atoms with Crippen molar-refractivity contribution in [2.24, 2.45) is 0 Å². The summed E-state index contributed by atoms with van der Waals surface area (Å²) in [5.41, 5.74) is 0.268. The Bertz CT molecular complexity index is 367. The van der Waals surface area contributed by atoms with Crippen LogP contribution in [0.15, 0.2) is 36.9 Å². The maximum absolute atomic E-state index is 11.2. The molecule has 0 bridgehead atoms. The van der Waals surface area contributed by atoms with Crippen molar-refractivity contribution in [1.82, 2.24) is 0 Å². The molecule has 0 saturated heterocycles. The Morgan fingerprint density at radius 3 is 2.36 bits per heavy atom. The van der Waals surface area contributed by atoms with E-state index in [0.717, 1.165) is 6.08 Å². The molecule has 0 N–H and O–H groups in total. The van der Waals surface area contributed by atoms with Crippen LogP contribution in [-0.2, 0) is 9.53 Å². The molecule has 1 aromatic rings. The van der Waals surface area contributed by atoms with Gasteiger partial charge in [0.25, 0.3) is 0 Å². The lowest BCUT2D eigenvalue weighted by atomic mass is 10.2. The molecule has 0 fully saturated rings. The average molecular weight is 211 g/mol. The van der Waals surface area contributed by atoms with E-state index in [1.165, 1.54) is 24.3 Å². The second-order valence-electron chi connectivity index (χ2n) is 2.42. The summed E-state index contributed by atoms with van der Waals surface area (Å²) in [6.45, 7) is 3.17. The van der Waals surface area contributed by atoms with Crippen LogP contribution in [0.2, 0.25) is 5.02 Å². The molecule has 0 heterocycles. The van der Waals surface area contributed by atoms with Gasteiger partial charge >= 0.3 is 11.9 Å². The molecule has 72 valence electrons. The third kappa shape index (κ3) is 2.71. The highest BCUT2D eigenvalue weighted by atomic mass is 35.5. The normalized spacial score (nSPS) is 9.21. The second-order valence-corrected chi connectivity index (χ2v) is 2.86. The molecule has 0 aromatic heterocycles. The molecular weight excluding hydrogens is 204 g/mol.